The Balaban J connectivity index is 2.95. The lowest BCUT2D eigenvalue weighted by atomic mass is 10.1. The van der Waals surface area contributed by atoms with Crippen LogP contribution in [0, 0.1) is 0 Å². The fraction of sp³-hybridized carbons (Fsp3) is 0.100. The van der Waals surface area contributed by atoms with Gasteiger partial charge in [0.2, 0.25) is 0 Å². The Kier molecular flexibility index (Phi) is 3.85. The summed E-state index contributed by atoms with van der Waals surface area (Å²) in [7, 11) is 0. The first kappa shape index (κ1) is 10.9. The van der Waals surface area contributed by atoms with E-state index >= 15 is 0 Å². The number of carbonyl (C=O) groups is 1. The van der Waals surface area contributed by atoms with Crippen LogP contribution in [0.1, 0.15) is 11.1 Å². The summed E-state index contributed by atoms with van der Waals surface area (Å²) in [5, 5.41) is 17.4. The van der Waals surface area contributed by atoms with Gasteiger partial charge in [-0.25, -0.2) is 4.79 Å². The van der Waals surface area contributed by atoms with E-state index in [0.717, 1.165) is 21.7 Å². The third-order valence-electron chi connectivity index (χ3n) is 1.66. The molecule has 3 nitrogen and oxygen atoms in total. The van der Waals surface area contributed by atoms with Crippen molar-refractivity contribution in [1.82, 2.24) is 0 Å². The minimum Gasteiger partial charge on any atom is -0.478 e. The van der Waals surface area contributed by atoms with Crippen molar-refractivity contribution in [3.05, 3.63) is 39.9 Å². The first-order chi connectivity index (χ1) is 6.63. The highest BCUT2D eigenvalue weighted by Crippen LogP contribution is 2.18. The number of benzene rings is 1. The SMILES string of the molecule is O=C(O)C=Cc1ccc(Br)c(CO)c1. The van der Waals surface area contributed by atoms with Gasteiger partial charge in [0.25, 0.3) is 0 Å². The second-order valence-corrected chi connectivity index (χ2v) is 3.53. The van der Waals surface area contributed by atoms with Crippen LogP contribution in [0.25, 0.3) is 6.08 Å². The number of rotatable bonds is 3. The van der Waals surface area contributed by atoms with Crippen molar-refractivity contribution < 1.29 is 15.0 Å². The molecular formula is C10H9BrO3. The summed E-state index contributed by atoms with van der Waals surface area (Å²) in [6, 6.07) is 5.26. The molecule has 0 atom stereocenters. The number of carboxylic acid groups (broad SMARTS) is 1. The van der Waals surface area contributed by atoms with Crippen LogP contribution >= 0.6 is 15.9 Å². The van der Waals surface area contributed by atoms with E-state index in [4.69, 9.17) is 10.2 Å². The Morgan fingerprint density at radius 2 is 2.21 bits per heavy atom. The molecule has 2 N–H and O–H groups in total. The van der Waals surface area contributed by atoms with Gasteiger partial charge in [-0.05, 0) is 29.3 Å². The molecular weight excluding hydrogens is 248 g/mol. The van der Waals surface area contributed by atoms with Crippen molar-refractivity contribution >= 4 is 28.0 Å². The van der Waals surface area contributed by atoms with Crippen LogP contribution in [0.15, 0.2) is 28.7 Å². The predicted molar refractivity (Wildman–Crippen MR) is 56.7 cm³/mol. The molecule has 0 aliphatic heterocycles. The lowest BCUT2D eigenvalue weighted by molar-refractivity contribution is -0.131. The van der Waals surface area contributed by atoms with Crippen molar-refractivity contribution in [2.75, 3.05) is 0 Å². The summed E-state index contributed by atoms with van der Waals surface area (Å²) in [6.45, 7) is -0.0741. The zero-order valence-electron chi connectivity index (χ0n) is 7.27. The number of hydrogen-bond acceptors (Lipinski definition) is 2. The fourth-order valence-electron chi connectivity index (χ4n) is 0.987. The smallest absolute Gasteiger partial charge is 0.328 e. The highest BCUT2D eigenvalue weighted by atomic mass is 79.9. The van der Waals surface area contributed by atoms with E-state index in [1.165, 1.54) is 6.08 Å². The maximum atomic E-state index is 10.2. The Bertz CT molecular complexity index is 372. The number of aliphatic hydroxyl groups excluding tert-OH is 1. The summed E-state index contributed by atoms with van der Waals surface area (Å²) < 4.78 is 0.812. The molecule has 0 aliphatic carbocycles. The summed E-state index contributed by atoms with van der Waals surface area (Å²) in [5.41, 5.74) is 1.48. The fourth-order valence-corrected chi connectivity index (χ4v) is 1.36. The Hall–Kier alpha value is -1.13. The molecule has 0 aliphatic rings. The van der Waals surface area contributed by atoms with Crippen molar-refractivity contribution in [3.8, 4) is 0 Å². The van der Waals surface area contributed by atoms with Gasteiger partial charge in [-0.2, -0.15) is 0 Å². The van der Waals surface area contributed by atoms with Gasteiger partial charge >= 0.3 is 5.97 Å². The topological polar surface area (TPSA) is 57.5 Å². The van der Waals surface area contributed by atoms with Gasteiger partial charge in [0.1, 0.15) is 0 Å². The third-order valence-corrected chi connectivity index (χ3v) is 2.43. The molecule has 1 aromatic carbocycles. The number of carboxylic acids is 1. The molecule has 0 saturated heterocycles. The van der Waals surface area contributed by atoms with Gasteiger partial charge in [-0.3, -0.25) is 0 Å². The van der Waals surface area contributed by atoms with E-state index in [1.807, 2.05) is 0 Å². The van der Waals surface area contributed by atoms with Crippen molar-refractivity contribution in [2.24, 2.45) is 0 Å². The predicted octanol–water partition coefficient (Wildman–Crippen LogP) is 2.04. The molecule has 0 heterocycles. The molecule has 0 unspecified atom stereocenters. The number of aliphatic carboxylic acids is 1. The Morgan fingerprint density at radius 1 is 1.50 bits per heavy atom. The van der Waals surface area contributed by atoms with Gasteiger partial charge in [0.05, 0.1) is 6.61 Å². The minimum atomic E-state index is -0.988. The maximum Gasteiger partial charge on any atom is 0.328 e. The van der Waals surface area contributed by atoms with Crippen LogP contribution < -0.4 is 0 Å². The molecule has 0 spiro atoms. The first-order valence-corrected chi connectivity index (χ1v) is 4.73. The van der Waals surface area contributed by atoms with E-state index in [0.29, 0.717) is 0 Å². The molecule has 0 saturated carbocycles. The largest absolute Gasteiger partial charge is 0.478 e. The van der Waals surface area contributed by atoms with Gasteiger partial charge in [-0.15, -0.1) is 0 Å². The second kappa shape index (κ2) is 4.93. The summed E-state index contributed by atoms with van der Waals surface area (Å²) in [6.07, 6.45) is 2.54. The lowest BCUT2D eigenvalue weighted by Crippen LogP contribution is -1.88. The van der Waals surface area contributed by atoms with Gasteiger partial charge in [-0.1, -0.05) is 22.0 Å². The zero-order chi connectivity index (χ0) is 10.6. The molecule has 0 amide bonds. The van der Waals surface area contributed by atoms with Crippen molar-refractivity contribution in [3.63, 3.8) is 0 Å². The van der Waals surface area contributed by atoms with Crippen LogP contribution in [0.2, 0.25) is 0 Å². The van der Waals surface area contributed by atoms with E-state index < -0.39 is 5.97 Å². The quantitative estimate of drug-likeness (QED) is 0.814. The average Bonchev–Trinajstić information content (AvgIpc) is 2.16. The van der Waals surface area contributed by atoms with Crippen molar-refractivity contribution in [2.45, 2.75) is 6.61 Å². The molecule has 1 aromatic rings. The molecule has 0 radical (unpaired) electrons. The van der Waals surface area contributed by atoms with Crippen LogP contribution in [0.4, 0.5) is 0 Å². The van der Waals surface area contributed by atoms with Gasteiger partial charge < -0.3 is 10.2 Å². The average molecular weight is 257 g/mol. The number of aliphatic hydroxyl groups is 1. The standard InChI is InChI=1S/C10H9BrO3/c11-9-3-1-7(2-4-10(13)14)5-8(9)6-12/h1-5,12H,6H2,(H,13,14). The Labute approximate surface area is 89.8 Å². The summed E-state index contributed by atoms with van der Waals surface area (Å²) in [4.78, 5) is 10.2. The van der Waals surface area contributed by atoms with E-state index in [1.54, 1.807) is 18.2 Å². The molecule has 0 fully saturated rings. The normalized spacial score (nSPS) is 10.7. The highest BCUT2D eigenvalue weighted by Gasteiger charge is 1.98. The third kappa shape index (κ3) is 2.97. The van der Waals surface area contributed by atoms with Crippen LogP contribution in [-0.2, 0) is 11.4 Å². The molecule has 1 rings (SSSR count). The second-order valence-electron chi connectivity index (χ2n) is 2.68. The van der Waals surface area contributed by atoms with E-state index in [-0.39, 0.29) is 6.61 Å². The zero-order valence-corrected chi connectivity index (χ0v) is 8.86. The molecule has 4 heteroatoms. The van der Waals surface area contributed by atoms with E-state index in [9.17, 15) is 4.79 Å². The van der Waals surface area contributed by atoms with Gasteiger partial charge in [0.15, 0.2) is 0 Å². The van der Waals surface area contributed by atoms with Crippen LogP contribution in [0.3, 0.4) is 0 Å². The maximum absolute atomic E-state index is 10.2. The van der Waals surface area contributed by atoms with Crippen LogP contribution in [-0.4, -0.2) is 16.2 Å². The molecule has 74 valence electrons. The first-order valence-electron chi connectivity index (χ1n) is 3.94. The number of halogens is 1. The number of hydrogen-bond donors (Lipinski definition) is 2. The lowest BCUT2D eigenvalue weighted by Gasteiger charge is -2.01. The Morgan fingerprint density at radius 3 is 2.79 bits per heavy atom. The van der Waals surface area contributed by atoms with E-state index in [2.05, 4.69) is 15.9 Å². The summed E-state index contributed by atoms with van der Waals surface area (Å²) in [5.74, 6) is -0.988. The monoisotopic (exact) mass is 256 g/mol. The highest BCUT2D eigenvalue weighted by molar-refractivity contribution is 9.10. The van der Waals surface area contributed by atoms with Crippen molar-refractivity contribution in [1.29, 1.82) is 0 Å². The molecule has 0 bridgehead atoms. The minimum absolute atomic E-state index is 0.0741. The van der Waals surface area contributed by atoms with Crippen LogP contribution in [0.5, 0.6) is 0 Å². The summed E-state index contributed by atoms with van der Waals surface area (Å²) >= 11 is 3.27. The molecule has 0 aromatic heterocycles. The molecule has 14 heavy (non-hydrogen) atoms. The van der Waals surface area contributed by atoms with Gasteiger partial charge in [0, 0.05) is 10.5 Å².